The summed E-state index contributed by atoms with van der Waals surface area (Å²) in [5.74, 6) is 2.42. The first kappa shape index (κ1) is 22.4. The maximum absolute atomic E-state index is 6.01. The van der Waals surface area contributed by atoms with Crippen molar-refractivity contribution in [1.29, 1.82) is 0 Å². The summed E-state index contributed by atoms with van der Waals surface area (Å²) in [6, 6.07) is 20.2. The van der Waals surface area contributed by atoms with E-state index in [4.69, 9.17) is 21.4 Å². The van der Waals surface area contributed by atoms with Crippen molar-refractivity contribution in [3.8, 4) is 5.75 Å². The van der Waals surface area contributed by atoms with Crippen LogP contribution in [0.2, 0.25) is 5.02 Å². The van der Waals surface area contributed by atoms with E-state index in [1.165, 1.54) is 5.56 Å². The van der Waals surface area contributed by atoms with Gasteiger partial charge in [0.15, 0.2) is 5.82 Å². The summed E-state index contributed by atoms with van der Waals surface area (Å²) in [6.45, 7) is 4.71. The fraction of sp³-hybridized carbons (Fsp3) is 0.240. The number of halogens is 1. The third kappa shape index (κ3) is 5.14. The second-order valence-corrected chi connectivity index (χ2v) is 8.63. The summed E-state index contributed by atoms with van der Waals surface area (Å²) in [4.78, 5) is 0. The molecule has 0 saturated heterocycles. The highest BCUT2D eigenvalue weighted by Gasteiger charge is 2.13. The molecule has 1 heterocycles. The van der Waals surface area contributed by atoms with Gasteiger partial charge in [-0.25, -0.2) is 0 Å². The molecule has 0 amide bonds. The Morgan fingerprint density at radius 2 is 1.84 bits per heavy atom. The fourth-order valence-corrected chi connectivity index (χ4v) is 4.40. The van der Waals surface area contributed by atoms with Crippen molar-refractivity contribution in [2.45, 2.75) is 37.6 Å². The smallest absolute Gasteiger partial charge is 0.212 e. The number of ether oxygens (including phenoxy) is 1. The van der Waals surface area contributed by atoms with E-state index < -0.39 is 0 Å². The van der Waals surface area contributed by atoms with Crippen LogP contribution in [0.4, 0.5) is 0 Å². The number of aryl methyl sites for hydroxylation is 1. The Bertz CT molecular complexity index is 1220. The lowest BCUT2D eigenvalue weighted by Crippen LogP contribution is -2.02. The number of fused-ring (bicyclic) bond motifs is 1. The first-order valence-electron chi connectivity index (χ1n) is 10.7. The normalized spacial score (nSPS) is 11.5. The van der Waals surface area contributed by atoms with Crippen molar-refractivity contribution in [2.75, 3.05) is 6.61 Å². The highest BCUT2D eigenvalue weighted by Crippen LogP contribution is 2.28. The van der Waals surface area contributed by atoms with E-state index in [-0.39, 0.29) is 0 Å². The Kier molecular flexibility index (Phi) is 7.45. The minimum Gasteiger partial charge on any atom is -0.493 e. The molecule has 7 heteroatoms. The maximum Gasteiger partial charge on any atom is 0.212 e. The van der Waals surface area contributed by atoms with Crippen LogP contribution in [0.15, 0.2) is 70.9 Å². The lowest BCUT2D eigenvalue weighted by Gasteiger charge is -2.10. The van der Waals surface area contributed by atoms with E-state index in [1.54, 1.807) is 11.8 Å². The summed E-state index contributed by atoms with van der Waals surface area (Å²) >= 11 is 7.61. The summed E-state index contributed by atoms with van der Waals surface area (Å²) in [5, 5.41) is 17.4. The summed E-state index contributed by atoms with van der Waals surface area (Å²) < 4.78 is 7.74. The first-order chi connectivity index (χ1) is 15.7. The number of thioether (sulfide) groups is 1. The number of hydrogen-bond acceptors (Lipinski definition) is 5. The van der Waals surface area contributed by atoms with E-state index in [0.717, 1.165) is 56.7 Å². The van der Waals surface area contributed by atoms with Gasteiger partial charge in [0.1, 0.15) is 5.75 Å². The quantitative estimate of drug-likeness (QED) is 0.206. The molecule has 32 heavy (non-hydrogen) atoms. The lowest BCUT2D eigenvalue weighted by molar-refractivity contribution is 0.340. The highest BCUT2D eigenvalue weighted by atomic mass is 35.5. The minimum absolute atomic E-state index is 0.592. The summed E-state index contributed by atoms with van der Waals surface area (Å²) in [5.41, 5.74) is 2.12. The fourth-order valence-electron chi connectivity index (χ4n) is 3.42. The first-order valence-corrected chi connectivity index (χ1v) is 12.1. The standard InChI is InChI=1S/C25H25ClN4OS/c1-3-7-24-28-29-25(32-17-18-10-13-20(26)14-11-18)30(24)27-16-22-21-9-6-5-8-19(21)12-15-23(22)31-4-2/h5-6,8-16H,3-4,7,17H2,1-2H3/b27-16-. The van der Waals surface area contributed by atoms with Gasteiger partial charge in [-0.2, -0.15) is 9.78 Å². The zero-order valence-corrected chi connectivity index (χ0v) is 19.7. The van der Waals surface area contributed by atoms with Crippen LogP contribution in [0.5, 0.6) is 5.75 Å². The largest absolute Gasteiger partial charge is 0.493 e. The van der Waals surface area contributed by atoms with Crippen LogP contribution in [0, 0.1) is 0 Å². The van der Waals surface area contributed by atoms with Crippen LogP contribution in [0.3, 0.4) is 0 Å². The van der Waals surface area contributed by atoms with E-state index in [2.05, 4.69) is 35.3 Å². The van der Waals surface area contributed by atoms with Crippen molar-refractivity contribution < 1.29 is 4.74 Å². The molecule has 0 spiro atoms. The Balaban J connectivity index is 1.68. The lowest BCUT2D eigenvalue weighted by atomic mass is 10.0. The molecule has 1 aromatic heterocycles. The topological polar surface area (TPSA) is 52.3 Å². The summed E-state index contributed by atoms with van der Waals surface area (Å²) in [6.07, 6.45) is 3.63. The zero-order valence-electron chi connectivity index (χ0n) is 18.2. The third-order valence-electron chi connectivity index (χ3n) is 4.96. The molecule has 0 saturated carbocycles. The third-order valence-corrected chi connectivity index (χ3v) is 6.21. The van der Waals surface area contributed by atoms with Crippen molar-refractivity contribution in [1.82, 2.24) is 14.9 Å². The van der Waals surface area contributed by atoms with E-state index >= 15 is 0 Å². The van der Waals surface area contributed by atoms with Gasteiger partial charge in [-0.15, -0.1) is 10.2 Å². The van der Waals surface area contributed by atoms with Gasteiger partial charge in [0.2, 0.25) is 5.16 Å². The molecule has 0 aliphatic rings. The van der Waals surface area contributed by atoms with E-state index in [1.807, 2.05) is 60.3 Å². The van der Waals surface area contributed by atoms with Gasteiger partial charge in [-0.3, -0.25) is 0 Å². The van der Waals surface area contributed by atoms with Crippen LogP contribution in [-0.2, 0) is 12.2 Å². The molecule has 164 valence electrons. The van der Waals surface area contributed by atoms with E-state index in [0.29, 0.717) is 6.61 Å². The number of aromatic nitrogens is 3. The van der Waals surface area contributed by atoms with Crippen LogP contribution in [0.25, 0.3) is 10.8 Å². The zero-order chi connectivity index (χ0) is 22.3. The Labute approximate surface area is 197 Å². The second-order valence-electron chi connectivity index (χ2n) is 7.25. The maximum atomic E-state index is 6.01. The number of benzene rings is 3. The average Bonchev–Trinajstić information content (AvgIpc) is 3.19. The minimum atomic E-state index is 0.592. The molecule has 0 fully saturated rings. The SMILES string of the molecule is CCCc1nnc(SCc2ccc(Cl)cc2)n1/N=C\c1c(OCC)ccc2ccccc12. The van der Waals surface area contributed by atoms with Crippen molar-refractivity contribution in [3.05, 3.63) is 82.6 Å². The van der Waals surface area contributed by atoms with Crippen LogP contribution >= 0.6 is 23.4 Å². The van der Waals surface area contributed by atoms with Gasteiger partial charge >= 0.3 is 0 Å². The van der Waals surface area contributed by atoms with Gasteiger partial charge in [0.25, 0.3) is 0 Å². The number of hydrogen-bond donors (Lipinski definition) is 0. The van der Waals surface area contributed by atoms with Gasteiger partial charge in [0.05, 0.1) is 12.8 Å². The predicted octanol–water partition coefficient (Wildman–Crippen LogP) is 6.61. The summed E-state index contributed by atoms with van der Waals surface area (Å²) in [7, 11) is 0. The predicted molar refractivity (Wildman–Crippen MR) is 133 cm³/mol. The van der Waals surface area contributed by atoms with Crippen molar-refractivity contribution in [2.24, 2.45) is 5.10 Å². The van der Waals surface area contributed by atoms with Crippen molar-refractivity contribution in [3.63, 3.8) is 0 Å². The number of rotatable bonds is 9. The van der Waals surface area contributed by atoms with Gasteiger partial charge in [-0.05, 0) is 47.9 Å². The molecule has 0 N–H and O–H groups in total. The molecule has 4 rings (SSSR count). The molecule has 0 bridgehead atoms. The Morgan fingerprint density at radius 3 is 2.62 bits per heavy atom. The molecular formula is C25H25ClN4OS. The highest BCUT2D eigenvalue weighted by molar-refractivity contribution is 7.98. The molecule has 0 radical (unpaired) electrons. The Morgan fingerprint density at radius 1 is 1.03 bits per heavy atom. The van der Waals surface area contributed by atoms with Gasteiger partial charge < -0.3 is 4.74 Å². The number of nitrogens with zero attached hydrogens (tertiary/aromatic N) is 4. The Hall–Kier alpha value is -2.83. The average molecular weight is 465 g/mol. The molecule has 3 aromatic carbocycles. The molecular weight excluding hydrogens is 440 g/mol. The van der Waals surface area contributed by atoms with Crippen LogP contribution in [-0.4, -0.2) is 27.7 Å². The van der Waals surface area contributed by atoms with Crippen molar-refractivity contribution >= 4 is 40.3 Å². The molecule has 0 atom stereocenters. The molecule has 5 nitrogen and oxygen atoms in total. The second kappa shape index (κ2) is 10.7. The molecule has 0 unspecified atom stereocenters. The molecule has 4 aromatic rings. The van der Waals surface area contributed by atoms with Crippen LogP contribution in [0.1, 0.15) is 37.2 Å². The van der Waals surface area contributed by atoms with Crippen LogP contribution < -0.4 is 4.74 Å². The van der Waals surface area contributed by atoms with Gasteiger partial charge in [-0.1, -0.05) is 72.8 Å². The monoisotopic (exact) mass is 464 g/mol. The molecule has 0 aliphatic heterocycles. The molecule has 0 aliphatic carbocycles. The van der Waals surface area contributed by atoms with Gasteiger partial charge in [0, 0.05) is 22.8 Å². The van der Waals surface area contributed by atoms with E-state index in [9.17, 15) is 0 Å².